The quantitative estimate of drug-likeness (QED) is 0.850. The highest BCUT2D eigenvalue weighted by Crippen LogP contribution is 2.24. The number of hydrogen-bond donors (Lipinski definition) is 1. The lowest BCUT2D eigenvalue weighted by atomic mass is 9.87. The highest BCUT2D eigenvalue weighted by Gasteiger charge is 2.32. The molecular weight excluding hydrogens is 266 g/mol. The Labute approximate surface area is 124 Å². The molecule has 3 rings (SSSR count). The van der Waals surface area contributed by atoms with Gasteiger partial charge in [0, 0.05) is 12.5 Å². The van der Waals surface area contributed by atoms with Gasteiger partial charge in [0.15, 0.2) is 6.10 Å². The summed E-state index contributed by atoms with van der Waals surface area (Å²) in [5, 5.41) is 3.04. The van der Waals surface area contributed by atoms with Crippen LogP contribution in [0.1, 0.15) is 48.5 Å². The predicted octanol–water partition coefficient (Wildman–Crippen LogP) is 2.46. The van der Waals surface area contributed by atoms with Crippen molar-refractivity contribution in [2.24, 2.45) is 5.92 Å². The summed E-state index contributed by atoms with van der Waals surface area (Å²) in [7, 11) is 0. The Morgan fingerprint density at radius 3 is 2.67 bits per heavy atom. The molecule has 2 aliphatic rings. The number of carbonyl (C=O) groups is 2. The zero-order chi connectivity index (χ0) is 14.8. The van der Waals surface area contributed by atoms with E-state index in [0.717, 1.165) is 37.2 Å². The van der Waals surface area contributed by atoms with Crippen molar-refractivity contribution in [3.63, 3.8) is 0 Å². The molecule has 0 spiro atoms. The highest BCUT2D eigenvalue weighted by molar-refractivity contribution is 5.95. The molecule has 1 fully saturated rings. The molecule has 1 unspecified atom stereocenters. The molecule has 4 nitrogen and oxygen atoms in total. The molecule has 112 valence electrons. The van der Waals surface area contributed by atoms with Crippen LogP contribution in [0.5, 0.6) is 0 Å². The molecule has 1 aliphatic carbocycles. The van der Waals surface area contributed by atoms with Gasteiger partial charge in [0.25, 0.3) is 5.91 Å². The topological polar surface area (TPSA) is 55.4 Å². The molecule has 1 atom stereocenters. The van der Waals surface area contributed by atoms with Crippen molar-refractivity contribution in [2.75, 3.05) is 0 Å². The van der Waals surface area contributed by atoms with Crippen LogP contribution in [0.3, 0.4) is 0 Å². The van der Waals surface area contributed by atoms with Crippen molar-refractivity contribution in [2.45, 2.75) is 51.2 Å². The number of esters is 1. The molecule has 0 saturated heterocycles. The molecule has 1 aromatic rings. The lowest BCUT2D eigenvalue weighted by molar-refractivity contribution is -0.131. The second kappa shape index (κ2) is 5.88. The smallest absolute Gasteiger partial charge is 0.339 e. The van der Waals surface area contributed by atoms with Gasteiger partial charge in [-0.1, -0.05) is 25.1 Å². The first kappa shape index (κ1) is 14.1. The van der Waals surface area contributed by atoms with Gasteiger partial charge >= 0.3 is 5.97 Å². The number of rotatable bonds is 2. The van der Waals surface area contributed by atoms with Gasteiger partial charge in [-0.2, -0.15) is 0 Å². The second-order valence-corrected chi connectivity index (χ2v) is 6.22. The SMILES string of the molecule is CC1CCC(NC(=O)C2Cc3ccccc3C(=O)O2)CC1. The largest absolute Gasteiger partial charge is 0.448 e. The number of ether oxygens (including phenoxy) is 1. The van der Waals surface area contributed by atoms with Crippen LogP contribution in [0, 0.1) is 5.92 Å². The molecule has 1 amide bonds. The van der Waals surface area contributed by atoms with Crippen molar-refractivity contribution in [1.29, 1.82) is 0 Å². The fourth-order valence-electron chi connectivity index (χ4n) is 3.18. The van der Waals surface area contributed by atoms with Crippen molar-refractivity contribution in [1.82, 2.24) is 5.32 Å². The van der Waals surface area contributed by atoms with Crippen LogP contribution in [0.25, 0.3) is 0 Å². The number of nitrogens with one attached hydrogen (secondary N) is 1. The molecule has 1 heterocycles. The van der Waals surface area contributed by atoms with E-state index in [9.17, 15) is 9.59 Å². The Bertz CT molecular complexity index is 547. The molecule has 1 aromatic carbocycles. The van der Waals surface area contributed by atoms with Gasteiger partial charge < -0.3 is 10.1 Å². The number of fused-ring (bicyclic) bond motifs is 1. The summed E-state index contributed by atoms with van der Waals surface area (Å²) < 4.78 is 5.29. The maximum absolute atomic E-state index is 12.3. The maximum Gasteiger partial charge on any atom is 0.339 e. The first-order chi connectivity index (χ1) is 10.1. The number of benzene rings is 1. The maximum atomic E-state index is 12.3. The van der Waals surface area contributed by atoms with Crippen LogP contribution in [-0.4, -0.2) is 24.0 Å². The predicted molar refractivity (Wildman–Crippen MR) is 78.9 cm³/mol. The third kappa shape index (κ3) is 3.09. The van der Waals surface area contributed by atoms with E-state index >= 15 is 0 Å². The van der Waals surface area contributed by atoms with Gasteiger partial charge in [0.1, 0.15) is 0 Å². The lowest BCUT2D eigenvalue weighted by Gasteiger charge is -2.29. The number of cyclic esters (lactones) is 1. The molecular formula is C17H21NO3. The van der Waals surface area contributed by atoms with E-state index in [2.05, 4.69) is 12.2 Å². The molecule has 0 bridgehead atoms. The Morgan fingerprint density at radius 2 is 1.90 bits per heavy atom. The molecule has 21 heavy (non-hydrogen) atoms. The van der Waals surface area contributed by atoms with Gasteiger partial charge in [-0.3, -0.25) is 4.79 Å². The summed E-state index contributed by atoms with van der Waals surface area (Å²) in [6.07, 6.45) is 4.12. The third-order valence-electron chi connectivity index (χ3n) is 4.55. The minimum atomic E-state index is -0.688. The zero-order valence-corrected chi connectivity index (χ0v) is 12.3. The van der Waals surface area contributed by atoms with Crippen LogP contribution in [0.4, 0.5) is 0 Å². The lowest BCUT2D eigenvalue weighted by Crippen LogP contribution is -2.46. The van der Waals surface area contributed by atoms with Gasteiger partial charge in [-0.25, -0.2) is 4.79 Å². The van der Waals surface area contributed by atoms with E-state index in [-0.39, 0.29) is 11.9 Å². The van der Waals surface area contributed by atoms with E-state index in [1.54, 1.807) is 6.07 Å². The molecule has 1 saturated carbocycles. The number of carbonyl (C=O) groups excluding carboxylic acids is 2. The molecule has 0 radical (unpaired) electrons. The van der Waals surface area contributed by atoms with Crippen molar-refractivity contribution < 1.29 is 14.3 Å². The molecule has 4 heteroatoms. The van der Waals surface area contributed by atoms with Crippen molar-refractivity contribution in [3.05, 3.63) is 35.4 Å². The standard InChI is InChI=1S/C17H21NO3/c1-11-6-8-13(9-7-11)18-16(19)15-10-12-4-2-3-5-14(12)17(20)21-15/h2-5,11,13,15H,6-10H2,1H3,(H,18,19). The van der Waals surface area contributed by atoms with Crippen LogP contribution in [-0.2, 0) is 16.0 Å². The second-order valence-electron chi connectivity index (χ2n) is 6.22. The van der Waals surface area contributed by atoms with Crippen LogP contribution in [0.15, 0.2) is 24.3 Å². The summed E-state index contributed by atoms with van der Waals surface area (Å²) in [6.45, 7) is 2.25. The normalized spacial score (nSPS) is 28.4. The van der Waals surface area contributed by atoms with Crippen molar-refractivity contribution >= 4 is 11.9 Å². The summed E-state index contributed by atoms with van der Waals surface area (Å²) in [5.74, 6) is 0.198. The minimum Gasteiger partial charge on any atom is -0.448 e. The Kier molecular flexibility index (Phi) is 3.95. The van der Waals surface area contributed by atoms with Gasteiger partial charge in [0.05, 0.1) is 5.56 Å². The average molecular weight is 287 g/mol. The Morgan fingerprint density at radius 1 is 1.19 bits per heavy atom. The monoisotopic (exact) mass is 287 g/mol. The summed E-state index contributed by atoms with van der Waals surface area (Å²) in [5.41, 5.74) is 1.47. The van der Waals surface area contributed by atoms with Crippen LogP contribution < -0.4 is 5.32 Å². The van der Waals surface area contributed by atoms with Crippen molar-refractivity contribution in [3.8, 4) is 0 Å². The van der Waals surface area contributed by atoms with E-state index in [1.807, 2.05) is 18.2 Å². The van der Waals surface area contributed by atoms with E-state index < -0.39 is 12.1 Å². The fraction of sp³-hybridized carbons (Fsp3) is 0.529. The molecule has 1 N–H and O–H groups in total. The Hall–Kier alpha value is -1.84. The average Bonchev–Trinajstić information content (AvgIpc) is 2.49. The fourth-order valence-corrected chi connectivity index (χ4v) is 3.18. The van der Waals surface area contributed by atoms with E-state index in [4.69, 9.17) is 4.74 Å². The van der Waals surface area contributed by atoms with E-state index in [1.165, 1.54) is 0 Å². The van der Waals surface area contributed by atoms with Crippen LogP contribution in [0.2, 0.25) is 0 Å². The Balaban J connectivity index is 1.63. The summed E-state index contributed by atoms with van der Waals surface area (Å²) >= 11 is 0. The first-order valence-electron chi connectivity index (χ1n) is 7.72. The highest BCUT2D eigenvalue weighted by atomic mass is 16.5. The molecule has 1 aliphatic heterocycles. The summed E-state index contributed by atoms with van der Waals surface area (Å²) in [6, 6.07) is 7.55. The van der Waals surface area contributed by atoms with Crippen LogP contribution >= 0.6 is 0 Å². The number of amides is 1. The van der Waals surface area contributed by atoms with Gasteiger partial charge in [-0.05, 0) is 43.2 Å². The summed E-state index contributed by atoms with van der Waals surface area (Å²) in [4.78, 5) is 24.2. The third-order valence-corrected chi connectivity index (χ3v) is 4.55. The zero-order valence-electron chi connectivity index (χ0n) is 12.3. The first-order valence-corrected chi connectivity index (χ1v) is 7.72. The minimum absolute atomic E-state index is 0.155. The van der Waals surface area contributed by atoms with Gasteiger partial charge in [0.2, 0.25) is 0 Å². The molecule has 0 aromatic heterocycles. The van der Waals surface area contributed by atoms with E-state index in [0.29, 0.717) is 12.0 Å². The number of hydrogen-bond acceptors (Lipinski definition) is 3. The van der Waals surface area contributed by atoms with Gasteiger partial charge in [-0.15, -0.1) is 0 Å².